The van der Waals surface area contributed by atoms with Crippen LogP contribution in [0.15, 0.2) is 35.7 Å². The first-order valence-electron chi connectivity index (χ1n) is 7.55. The maximum atomic E-state index is 5.89. The van der Waals surface area contributed by atoms with Gasteiger partial charge in [0.15, 0.2) is 11.5 Å². The van der Waals surface area contributed by atoms with E-state index in [1.54, 1.807) is 18.4 Å². The van der Waals surface area contributed by atoms with Crippen molar-refractivity contribution in [1.29, 1.82) is 0 Å². The summed E-state index contributed by atoms with van der Waals surface area (Å²) in [6.45, 7) is 5.83. The molecule has 2 N–H and O–H groups in total. The van der Waals surface area contributed by atoms with Gasteiger partial charge in [0.05, 0.1) is 19.8 Å². The minimum atomic E-state index is 0.580. The van der Waals surface area contributed by atoms with Crippen LogP contribution in [-0.4, -0.2) is 26.9 Å². The van der Waals surface area contributed by atoms with Gasteiger partial charge < -0.3 is 19.5 Å². The lowest BCUT2D eigenvalue weighted by Crippen LogP contribution is -2.83. The molecule has 5 heteroatoms. The van der Waals surface area contributed by atoms with Gasteiger partial charge in [-0.2, -0.15) is 0 Å². The van der Waals surface area contributed by atoms with E-state index in [1.807, 2.05) is 19.1 Å². The molecule has 0 fully saturated rings. The Labute approximate surface area is 136 Å². The van der Waals surface area contributed by atoms with E-state index in [0.29, 0.717) is 13.2 Å². The van der Waals surface area contributed by atoms with Gasteiger partial charge in [0.25, 0.3) is 0 Å². The Morgan fingerprint density at radius 2 is 2.05 bits per heavy atom. The molecule has 0 saturated carbocycles. The molecular formula is C17H24NO3S+. The molecule has 0 amide bonds. The fourth-order valence-electron chi connectivity index (χ4n) is 2.08. The third kappa shape index (κ3) is 5.33. The lowest BCUT2D eigenvalue weighted by Gasteiger charge is -2.12. The van der Waals surface area contributed by atoms with Gasteiger partial charge in [0.2, 0.25) is 0 Å². The summed E-state index contributed by atoms with van der Waals surface area (Å²) in [6, 6.07) is 10.3. The molecule has 0 radical (unpaired) electrons. The Balaban J connectivity index is 1.96. The summed E-state index contributed by atoms with van der Waals surface area (Å²) >= 11 is 1.70. The molecular weight excluding hydrogens is 298 g/mol. The van der Waals surface area contributed by atoms with E-state index in [4.69, 9.17) is 14.2 Å². The zero-order chi connectivity index (χ0) is 15.6. The topological polar surface area (TPSA) is 44.3 Å². The second-order valence-electron chi connectivity index (χ2n) is 4.86. The predicted molar refractivity (Wildman–Crippen MR) is 88.6 cm³/mol. The first-order valence-corrected chi connectivity index (χ1v) is 8.43. The molecule has 0 unspecified atom stereocenters. The quantitative estimate of drug-likeness (QED) is 0.683. The second-order valence-corrected chi connectivity index (χ2v) is 5.89. The summed E-state index contributed by atoms with van der Waals surface area (Å²) in [6.07, 6.45) is 0. The largest absolute Gasteiger partial charge is 0.490 e. The van der Waals surface area contributed by atoms with Gasteiger partial charge in [-0.3, -0.25) is 0 Å². The first kappa shape index (κ1) is 16.8. The van der Waals surface area contributed by atoms with E-state index in [0.717, 1.165) is 31.2 Å². The highest BCUT2D eigenvalue weighted by Crippen LogP contribution is 2.29. The molecule has 1 aromatic carbocycles. The number of methoxy groups -OCH3 is 1. The number of nitrogens with two attached hydrogens (primary N) is 1. The number of benzene rings is 1. The molecule has 4 nitrogen and oxygen atoms in total. The number of quaternary nitrogens is 1. The summed E-state index contributed by atoms with van der Waals surface area (Å²) in [4.78, 5) is 1.21. The lowest BCUT2D eigenvalue weighted by atomic mass is 10.2. The third-order valence-corrected chi connectivity index (χ3v) is 4.01. The average Bonchev–Trinajstić information content (AvgIpc) is 3.04. The highest BCUT2D eigenvalue weighted by Gasteiger charge is 2.08. The van der Waals surface area contributed by atoms with Crippen molar-refractivity contribution in [2.24, 2.45) is 0 Å². The second kappa shape index (κ2) is 9.46. The summed E-state index contributed by atoms with van der Waals surface area (Å²) in [5.41, 5.74) is 1.23. The fourth-order valence-corrected chi connectivity index (χ4v) is 2.70. The Morgan fingerprint density at radius 1 is 1.14 bits per heavy atom. The molecule has 2 aromatic rings. The van der Waals surface area contributed by atoms with E-state index >= 15 is 0 Å². The van der Waals surface area contributed by atoms with E-state index in [-0.39, 0.29) is 0 Å². The van der Waals surface area contributed by atoms with Crippen LogP contribution in [0.1, 0.15) is 17.4 Å². The zero-order valence-corrected chi connectivity index (χ0v) is 14.0. The van der Waals surface area contributed by atoms with Gasteiger partial charge in [0.1, 0.15) is 13.2 Å². The monoisotopic (exact) mass is 322 g/mol. The Hall–Kier alpha value is -1.56. The zero-order valence-electron chi connectivity index (χ0n) is 13.2. The first-order chi connectivity index (χ1) is 10.8. The standard InChI is InChI=1S/C17H23NO3S/c1-3-20-17-11-14(12-18-8-9-19-2)6-7-16(17)21-13-15-5-4-10-22-15/h4-7,10-11,18H,3,8-9,12-13H2,1-2H3/p+1. The summed E-state index contributed by atoms with van der Waals surface area (Å²) in [5.74, 6) is 1.62. The van der Waals surface area contributed by atoms with Crippen molar-refractivity contribution in [3.05, 3.63) is 46.2 Å². The Morgan fingerprint density at radius 3 is 2.77 bits per heavy atom. The molecule has 1 aromatic heterocycles. The van der Waals surface area contributed by atoms with Gasteiger partial charge in [-0.25, -0.2) is 0 Å². The van der Waals surface area contributed by atoms with Crippen LogP contribution in [0, 0.1) is 0 Å². The molecule has 0 bridgehead atoms. The molecule has 0 aliphatic heterocycles. The molecule has 0 atom stereocenters. The smallest absolute Gasteiger partial charge is 0.161 e. The molecule has 22 heavy (non-hydrogen) atoms. The van der Waals surface area contributed by atoms with Crippen LogP contribution < -0.4 is 14.8 Å². The van der Waals surface area contributed by atoms with E-state index in [2.05, 4.69) is 28.9 Å². The molecule has 120 valence electrons. The number of rotatable bonds is 10. The minimum absolute atomic E-state index is 0.580. The maximum absolute atomic E-state index is 5.89. The van der Waals surface area contributed by atoms with Crippen LogP contribution in [0.2, 0.25) is 0 Å². The van der Waals surface area contributed by atoms with Crippen molar-refractivity contribution in [3.63, 3.8) is 0 Å². The van der Waals surface area contributed by atoms with Gasteiger partial charge >= 0.3 is 0 Å². The Kier molecular flexibility index (Phi) is 7.22. The molecule has 2 rings (SSSR count). The van der Waals surface area contributed by atoms with Gasteiger partial charge in [-0.1, -0.05) is 6.07 Å². The molecule has 0 aliphatic carbocycles. The normalized spacial score (nSPS) is 10.6. The number of hydrogen-bond acceptors (Lipinski definition) is 4. The van der Waals surface area contributed by atoms with Crippen LogP contribution in [0.5, 0.6) is 11.5 Å². The molecule has 0 saturated heterocycles. The van der Waals surface area contributed by atoms with E-state index < -0.39 is 0 Å². The predicted octanol–water partition coefficient (Wildman–Crippen LogP) is 2.44. The van der Waals surface area contributed by atoms with Crippen LogP contribution in [0.25, 0.3) is 0 Å². The molecule has 0 spiro atoms. The van der Waals surface area contributed by atoms with Crippen LogP contribution in [0.3, 0.4) is 0 Å². The van der Waals surface area contributed by atoms with Crippen molar-refractivity contribution in [1.82, 2.24) is 0 Å². The fraction of sp³-hybridized carbons (Fsp3) is 0.412. The van der Waals surface area contributed by atoms with Crippen molar-refractivity contribution in [2.45, 2.75) is 20.1 Å². The maximum Gasteiger partial charge on any atom is 0.161 e. The average molecular weight is 322 g/mol. The summed E-state index contributed by atoms with van der Waals surface area (Å²) in [5, 5.41) is 4.28. The number of hydrogen-bond donors (Lipinski definition) is 1. The molecule has 1 heterocycles. The van der Waals surface area contributed by atoms with Crippen LogP contribution >= 0.6 is 11.3 Å². The molecule has 0 aliphatic rings. The third-order valence-electron chi connectivity index (χ3n) is 3.16. The highest BCUT2D eigenvalue weighted by molar-refractivity contribution is 7.09. The van der Waals surface area contributed by atoms with Gasteiger partial charge in [-0.05, 0) is 36.6 Å². The van der Waals surface area contributed by atoms with Gasteiger partial charge in [-0.15, -0.1) is 11.3 Å². The summed E-state index contributed by atoms with van der Waals surface area (Å²) < 4.78 is 16.7. The van der Waals surface area contributed by atoms with E-state index in [9.17, 15) is 0 Å². The minimum Gasteiger partial charge on any atom is -0.490 e. The SMILES string of the molecule is CCOc1cc(C[NH2+]CCOC)ccc1OCc1cccs1. The van der Waals surface area contributed by atoms with E-state index in [1.165, 1.54) is 10.4 Å². The van der Waals surface area contributed by atoms with Crippen LogP contribution in [0.4, 0.5) is 0 Å². The highest BCUT2D eigenvalue weighted by atomic mass is 32.1. The number of thiophene rings is 1. The van der Waals surface area contributed by atoms with Crippen molar-refractivity contribution in [3.8, 4) is 11.5 Å². The number of ether oxygens (including phenoxy) is 3. The van der Waals surface area contributed by atoms with Crippen molar-refractivity contribution < 1.29 is 19.5 Å². The van der Waals surface area contributed by atoms with Gasteiger partial charge in [0, 0.05) is 17.6 Å². The Bertz CT molecular complexity index is 543. The lowest BCUT2D eigenvalue weighted by molar-refractivity contribution is -0.671. The summed E-state index contributed by atoms with van der Waals surface area (Å²) in [7, 11) is 1.72. The van der Waals surface area contributed by atoms with Crippen molar-refractivity contribution >= 4 is 11.3 Å². The van der Waals surface area contributed by atoms with Crippen LogP contribution in [-0.2, 0) is 17.9 Å². The van der Waals surface area contributed by atoms with Crippen molar-refractivity contribution in [2.75, 3.05) is 26.9 Å².